The fourth-order valence-electron chi connectivity index (χ4n) is 5.53. The lowest BCUT2D eigenvalue weighted by molar-refractivity contribution is -0.152. The number of allylic oxidation sites excluding steroid dienone is 2. The zero-order chi connectivity index (χ0) is 30.1. The minimum atomic E-state index is -0.942. The summed E-state index contributed by atoms with van der Waals surface area (Å²) in [6.45, 7) is 5.96. The summed E-state index contributed by atoms with van der Waals surface area (Å²) >= 11 is 0. The lowest BCUT2D eigenvalue weighted by Crippen LogP contribution is -2.21. The van der Waals surface area contributed by atoms with Crippen LogP contribution >= 0.6 is 0 Å². The van der Waals surface area contributed by atoms with E-state index in [0.29, 0.717) is 6.42 Å². The number of unbranched alkanes of at least 4 members (excludes halogenated alkanes) is 24. The van der Waals surface area contributed by atoms with Crippen LogP contribution in [0.25, 0.3) is 0 Å². The van der Waals surface area contributed by atoms with Gasteiger partial charge in [0.25, 0.3) is 0 Å². The van der Waals surface area contributed by atoms with Gasteiger partial charge in [-0.1, -0.05) is 173 Å². The molecule has 0 aromatic carbocycles. The van der Waals surface area contributed by atoms with Gasteiger partial charge in [0.05, 0.1) is 12.3 Å². The molecule has 4 heteroatoms. The number of rotatable bonds is 33. The van der Waals surface area contributed by atoms with Gasteiger partial charge < -0.3 is 9.84 Å². The Kier molecular flexibility index (Phi) is 31.7. The summed E-state index contributed by atoms with van der Waals surface area (Å²) in [5, 5.41) is 9.03. The molecule has 0 bridgehead atoms. The predicted octanol–water partition coefficient (Wildman–Crippen LogP) is 11.9. The highest BCUT2D eigenvalue weighted by Gasteiger charge is 2.22. The number of carboxylic acid groups (broad SMARTS) is 1. The number of carboxylic acids is 1. The lowest BCUT2D eigenvalue weighted by atomic mass is 9.97. The van der Waals surface area contributed by atoms with Gasteiger partial charge in [0.15, 0.2) is 0 Å². The highest BCUT2D eigenvalue weighted by atomic mass is 16.5. The molecule has 1 atom stereocenters. The molecule has 240 valence electrons. The maximum atomic E-state index is 12.0. The van der Waals surface area contributed by atoms with Gasteiger partial charge in [0, 0.05) is 0 Å². The molecule has 0 radical (unpaired) electrons. The van der Waals surface area contributed by atoms with Crippen LogP contribution in [0.4, 0.5) is 0 Å². The Morgan fingerprint density at radius 3 is 1.34 bits per heavy atom. The zero-order valence-corrected chi connectivity index (χ0v) is 27.2. The summed E-state index contributed by atoms with van der Waals surface area (Å²) in [5.41, 5.74) is 0. The van der Waals surface area contributed by atoms with Crippen LogP contribution in [0.5, 0.6) is 0 Å². The first-order chi connectivity index (χ1) is 20.1. The monoisotopic (exact) mass is 577 g/mol. The molecule has 0 amide bonds. The van der Waals surface area contributed by atoms with Crippen molar-refractivity contribution in [2.75, 3.05) is 6.61 Å². The van der Waals surface area contributed by atoms with E-state index >= 15 is 0 Å². The number of carbonyl (C=O) groups is 2. The predicted molar refractivity (Wildman–Crippen MR) is 176 cm³/mol. The van der Waals surface area contributed by atoms with E-state index in [0.717, 1.165) is 19.3 Å². The van der Waals surface area contributed by atoms with E-state index in [1.807, 2.05) is 0 Å². The van der Waals surface area contributed by atoms with Crippen molar-refractivity contribution in [2.24, 2.45) is 5.92 Å². The van der Waals surface area contributed by atoms with E-state index in [-0.39, 0.29) is 13.0 Å². The fraction of sp³-hybridized carbons (Fsp3) is 0.838. The highest BCUT2D eigenvalue weighted by molar-refractivity contribution is 5.79. The van der Waals surface area contributed by atoms with Gasteiger partial charge in [-0.2, -0.15) is 0 Å². The van der Waals surface area contributed by atoms with E-state index in [2.05, 4.69) is 25.7 Å². The van der Waals surface area contributed by atoms with Crippen LogP contribution in [0.3, 0.4) is 0 Å². The van der Waals surface area contributed by atoms with Gasteiger partial charge in [-0.05, 0) is 32.1 Å². The van der Waals surface area contributed by atoms with Crippen LogP contribution in [0.1, 0.15) is 187 Å². The number of esters is 1. The van der Waals surface area contributed by atoms with Gasteiger partial charge in [0.1, 0.15) is 6.61 Å². The molecule has 0 aliphatic rings. The largest absolute Gasteiger partial charge is 0.481 e. The van der Waals surface area contributed by atoms with Crippen molar-refractivity contribution >= 4 is 11.9 Å². The smallest absolute Gasteiger partial charge is 0.309 e. The molecule has 0 saturated carbocycles. The first-order valence-electron chi connectivity index (χ1n) is 17.8. The molecule has 1 N–H and O–H groups in total. The van der Waals surface area contributed by atoms with Crippen molar-refractivity contribution in [3.05, 3.63) is 24.8 Å². The fourth-order valence-corrected chi connectivity index (χ4v) is 5.53. The topological polar surface area (TPSA) is 63.6 Å². The first-order valence-corrected chi connectivity index (χ1v) is 17.8. The average molecular weight is 577 g/mol. The summed E-state index contributed by atoms with van der Waals surface area (Å²) in [6.07, 6.45) is 41.5. The van der Waals surface area contributed by atoms with Crippen molar-refractivity contribution < 1.29 is 19.4 Å². The van der Waals surface area contributed by atoms with Gasteiger partial charge in [-0.3, -0.25) is 9.59 Å². The number of hydrogen-bond acceptors (Lipinski definition) is 3. The third kappa shape index (κ3) is 31.2. The van der Waals surface area contributed by atoms with Crippen LogP contribution in [0.15, 0.2) is 24.8 Å². The first kappa shape index (κ1) is 39.4. The molecule has 0 aliphatic heterocycles. The second-order valence-electron chi connectivity index (χ2n) is 12.2. The van der Waals surface area contributed by atoms with E-state index < -0.39 is 17.9 Å². The molecule has 0 aliphatic carbocycles. The standard InChI is InChI=1S/C37H68O4/c1-3-5-6-7-8-9-10-11-12-13-14-15-16-17-18-19-20-21-22-23-24-25-26-27-28-29-30-31-32-35(34-36(38)39)37(40)41-33-4-2/h4,18-19,35H,2-3,5-17,20-34H2,1H3,(H,38,39)/b19-18+. The Morgan fingerprint density at radius 1 is 0.610 bits per heavy atom. The summed E-state index contributed by atoms with van der Waals surface area (Å²) in [4.78, 5) is 23.0. The second-order valence-corrected chi connectivity index (χ2v) is 12.2. The summed E-state index contributed by atoms with van der Waals surface area (Å²) in [5.74, 6) is -1.89. The van der Waals surface area contributed by atoms with Crippen molar-refractivity contribution in [3.63, 3.8) is 0 Å². The lowest BCUT2D eigenvalue weighted by Gasteiger charge is -2.13. The Hall–Kier alpha value is -1.58. The molecule has 4 nitrogen and oxygen atoms in total. The number of carbonyl (C=O) groups excluding carboxylic acids is 1. The summed E-state index contributed by atoms with van der Waals surface area (Å²) in [7, 11) is 0. The van der Waals surface area contributed by atoms with Crippen LogP contribution in [-0.2, 0) is 14.3 Å². The zero-order valence-electron chi connectivity index (χ0n) is 27.2. The van der Waals surface area contributed by atoms with E-state index in [4.69, 9.17) is 9.84 Å². The Morgan fingerprint density at radius 2 is 0.976 bits per heavy atom. The second kappa shape index (κ2) is 32.9. The Labute approximate surface area is 255 Å². The van der Waals surface area contributed by atoms with Gasteiger partial charge in [0.2, 0.25) is 0 Å². The third-order valence-electron chi connectivity index (χ3n) is 8.16. The molecule has 0 rings (SSSR count). The number of aliphatic carboxylic acids is 1. The molecular formula is C37H68O4. The van der Waals surface area contributed by atoms with Gasteiger partial charge in [-0.25, -0.2) is 0 Å². The molecule has 41 heavy (non-hydrogen) atoms. The van der Waals surface area contributed by atoms with Crippen LogP contribution < -0.4 is 0 Å². The third-order valence-corrected chi connectivity index (χ3v) is 8.16. The minimum Gasteiger partial charge on any atom is -0.481 e. The summed E-state index contributed by atoms with van der Waals surface area (Å²) < 4.78 is 5.04. The van der Waals surface area contributed by atoms with E-state index in [9.17, 15) is 9.59 Å². The van der Waals surface area contributed by atoms with Crippen molar-refractivity contribution in [1.29, 1.82) is 0 Å². The molecule has 0 aromatic heterocycles. The average Bonchev–Trinajstić information content (AvgIpc) is 2.96. The SMILES string of the molecule is C=CCOC(=O)C(CCCCCCCCCCCCC/C=C/CCCCCCCCCCCCCCC)CC(=O)O. The maximum Gasteiger partial charge on any atom is 0.309 e. The van der Waals surface area contributed by atoms with Crippen LogP contribution in [0.2, 0.25) is 0 Å². The van der Waals surface area contributed by atoms with Crippen molar-refractivity contribution in [3.8, 4) is 0 Å². The van der Waals surface area contributed by atoms with Crippen molar-refractivity contribution in [1.82, 2.24) is 0 Å². The van der Waals surface area contributed by atoms with Crippen molar-refractivity contribution in [2.45, 2.75) is 187 Å². The van der Waals surface area contributed by atoms with E-state index in [1.54, 1.807) is 0 Å². The molecular weight excluding hydrogens is 508 g/mol. The Balaban J connectivity index is 3.34. The van der Waals surface area contributed by atoms with Gasteiger partial charge in [-0.15, -0.1) is 0 Å². The molecule has 0 saturated heterocycles. The normalized spacial score (nSPS) is 12.1. The quantitative estimate of drug-likeness (QED) is 0.0479. The molecule has 0 heterocycles. The van der Waals surface area contributed by atoms with E-state index in [1.165, 1.54) is 154 Å². The molecule has 0 aromatic rings. The highest BCUT2D eigenvalue weighted by Crippen LogP contribution is 2.18. The maximum absolute atomic E-state index is 12.0. The molecule has 0 spiro atoms. The molecule has 1 unspecified atom stereocenters. The van der Waals surface area contributed by atoms with Gasteiger partial charge >= 0.3 is 11.9 Å². The minimum absolute atomic E-state index is 0.144. The summed E-state index contributed by atoms with van der Waals surface area (Å²) in [6, 6.07) is 0. The number of ether oxygens (including phenoxy) is 1. The van der Waals surface area contributed by atoms with Crippen LogP contribution in [-0.4, -0.2) is 23.7 Å². The Bertz CT molecular complexity index is 612. The van der Waals surface area contributed by atoms with Crippen LogP contribution in [0, 0.1) is 5.92 Å². The molecule has 0 fully saturated rings. The number of hydrogen-bond donors (Lipinski definition) is 1.